The van der Waals surface area contributed by atoms with E-state index in [1.165, 1.54) is 51.4 Å². The van der Waals surface area contributed by atoms with Crippen molar-refractivity contribution in [2.45, 2.75) is 151 Å². The van der Waals surface area contributed by atoms with E-state index >= 15 is 0 Å². The second kappa shape index (κ2) is 13.0. The van der Waals surface area contributed by atoms with Crippen LogP contribution in [0.3, 0.4) is 0 Å². The van der Waals surface area contributed by atoms with Gasteiger partial charge in [0.1, 0.15) is 18.5 Å². The summed E-state index contributed by atoms with van der Waals surface area (Å²) in [6.07, 6.45) is 14.4. The monoisotopic (exact) mass is 518 g/mol. The topological polar surface area (TPSA) is 52.6 Å². The largest absolute Gasteiger partial charge is 0.462 e. The van der Waals surface area contributed by atoms with E-state index in [-0.39, 0.29) is 29.7 Å². The Kier molecular flexibility index (Phi) is 10.7. The first kappa shape index (κ1) is 30.6. The summed E-state index contributed by atoms with van der Waals surface area (Å²) in [4.78, 5) is 24.5. The van der Waals surface area contributed by atoms with Crippen molar-refractivity contribution in [1.82, 2.24) is 0 Å². The van der Waals surface area contributed by atoms with Crippen LogP contribution in [-0.2, 0) is 19.1 Å². The van der Waals surface area contributed by atoms with Crippen LogP contribution in [0.25, 0.3) is 0 Å². The molecule has 0 spiro atoms. The van der Waals surface area contributed by atoms with E-state index in [4.69, 9.17) is 9.47 Å². The van der Waals surface area contributed by atoms with E-state index in [1.807, 2.05) is 6.92 Å². The van der Waals surface area contributed by atoms with Crippen LogP contribution in [0.4, 0.5) is 0 Å². The maximum Gasteiger partial charge on any atom is 0.305 e. The van der Waals surface area contributed by atoms with Crippen molar-refractivity contribution in [1.29, 1.82) is 0 Å². The number of aldehydes is 1. The molecule has 4 heteroatoms. The first-order valence-electron chi connectivity index (χ1n) is 15.8. The summed E-state index contributed by atoms with van der Waals surface area (Å²) in [5.74, 6) is 3.29. The van der Waals surface area contributed by atoms with Gasteiger partial charge in [-0.05, 0) is 105 Å². The summed E-state index contributed by atoms with van der Waals surface area (Å²) in [5, 5.41) is 0. The smallest absolute Gasteiger partial charge is 0.305 e. The van der Waals surface area contributed by atoms with Crippen LogP contribution >= 0.6 is 0 Å². The van der Waals surface area contributed by atoms with Crippen LogP contribution < -0.4 is 0 Å². The zero-order valence-electron chi connectivity index (χ0n) is 25.4. The van der Waals surface area contributed by atoms with Gasteiger partial charge in [0, 0.05) is 6.42 Å². The number of esters is 1. The zero-order chi connectivity index (χ0) is 27.4. The third-order valence-corrected chi connectivity index (χ3v) is 11.6. The highest BCUT2D eigenvalue weighted by Crippen LogP contribution is 2.61. The lowest BCUT2D eigenvalue weighted by Gasteiger charge is -2.51. The Balaban J connectivity index is 1.66. The Hall–Kier alpha value is -0.900. The van der Waals surface area contributed by atoms with Gasteiger partial charge in [-0.15, -0.1) is 0 Å². The predicted octanol–water partition coefficient (Wildman–Crippen LogP) is 8.40. The molecule has 3 aliphatic carbocycles. The Morgan fingerprint density at radius 1 is 1.03 bits per heavy atom. The minimum atomic E-state index is -0.325. The molecule has 0 bridgehead atoms. The first-order valence-corrected chi connectivity index (χ1v) is 15.8. The summed E-state index contributed by atoms with van der Waals surface area (Å²) >= 11 is 0. The second-order valence-electron chi connectivity index (χ2n) is 14.2. The Bertz CT molecular complexity index is 749. The molecule has 214 valence electrons. The molecule has 0 N–H and O–H groups in total. The molecule has 0 aromatic carbocycles. The molecule has 3 saturated carbocycles. The molecule has 10 atom stereocenters. The molecule has 0 heterocycles. The summed E-state index contributed by atoms with van der Waals surface area (Å²) in [5.41, 5.74) is 0.327. The standard InChI is InChI=1S/C33H58O4/c1-9-30(35)37-27-17-19-32(7,24(5)20-27)25(6)36-29(21-34)31-23(4)16-18-33(8)26(14-15-28(31)33)13-11-10-12-22(2)3/h21-29,31H,9-20H2,1-8H3/t23?,24?,25-,26+,27?,28?,29?,31?,32?,33?/m1/s1. The third-order valence-electron chi connectivity index (χ3n) is 11.6. The normalized spacial score (nSPS) is 39.7. The number of carbonyl (C=O) groups excluding carboxylic acids is 2. The predicted molar refractivity (Wildman–Crippen MR) is 151 cm³/mol. The Morgan fingerprint density at radius 2 is 1.76 bits per heavy atom. The number of ether oxygens (including phenoxy) is 2. The average Bonchev–Trinajstić information content (AvgIpc) is 3.18. The van der Waals surface area contributed by atoms with Crippen molar-refractivity contribution < 1.29 is 19.1 Å². The average molecular weight is 519 g/mol. The van der Waals surface area contributed by atoms with Crippen LogP contribution in [0.5, 0.6) is 0 Å². The highest BCUT2D eigenvalue weighted by molar-refractivity contribution is 5.69. The Morgan fingerprint density at radius 3 is 2.38 bits per heavy atom. The minimum absolute atomic E-state index is 0.00542. The lowest BCUT2D eigenvalue weighted by Crippen LogP contribution is -2.50. The first-order chi connectivity index (χ1) is 17.5. The minimum Gasteiger partial charge on any atom is -0.462 e. The van der Waals surface area contributed by atoms with E-state index in [0.717, 1.165) is 37.4 Å². The van der Waals surface area contributed by atoms with Crippen molar-refractivity contribution in [3.8, 4) is 0 Å². The van der Waals surface area contributed by atoms with Gasteiger partial charge >= 0.3 is 5.97 Å². The van der Waals surface area contributed by atoms with Crippen LogP contribution in [0.1, 0.15) is 132 Å². The fraction of sp³-hybridized carbons (Fsp3) is 0.939. The quantitative estimate of drug-likeness (QED) is 0.148. The van der Waals surface area contributed by atoms with Crippen molar-refractivity contribution in [2.24, 2.45) is 46.3 Å². The molecule has 8 unspecified atom stereocenters. The van der Waals surface area contributed by atoms with Crippen molar-refractivity contribution in [3.05, 3.63) is 0 Å². The van der Waals surface area contributed by atoms with Crippen molar-refractivity contribution in [2.75, 3.05) is 0 Å². The SMILES string of the molecule is CCC(=O)OC1CCC(C)([C@@H](C)OC(C=O)C2C(C)CCC3(C)C2CC[C@@H]3CCCCC(C)C)C(C)C1. The maximum atomic E-state index is 12.6. The van der Waals surface area contributed by atoms with Gasteiger partial charge in [-0.25, -0.2) is 0 Å². The highest BCUT2D eigenvalue weighted by Gasteiger charge is 2.55. The van der Waals surface area contributed by atoms with E-state index in [9.17, 15) is 9.59 Å². The number of hydrogen-bond acceptors (Lipinski definition) is 4. The van der Waals surface area contributed by atoms with Gasteiger partial charge in [-0.1, -0.05) is 67.7 Å². The summed E-state index contributed by atoms with van der Waals surface area (Å²) in [6.45, 7) is 18.2. The molecule has 0 saturated heterocycles. The lowest BCUT2D eigenvalue weighted by molar-refractivity contribution is -0.168. The van der Waals surface area contributed by atoms with Crippen molar-refractivity contribution >= 4 is 12.3 Å². The number of hydrogen-bond donors (Lipinski definition) is 0. The van der Waals surface area contributed by atoms with E-state index < -0.39 is 0 Å². The highest BCUT2D eigenvalue weighted by atomic mass is 16.5. The molecule has 0 amide bonds. The van der Waals surface area contributed by atoms with E-state index in [1.54, 1.807) is 0 Å². The maximum absolute atomic E-state index is 12.6. The molecular weight excluding hydrogens is 460 g/mol. The molecule has 37 heavy (non-hydrogen) atoms. The molecular formula is C33H58O4. The molecule has 3 aliphatic rings. The Labute approximate surface area is 228 Å². The molecule has 0 aliphatic heterocycles. The van der Waals surface area contributed by atoms with Crippen LogP contribution in [0.2, 0.25) is 0 Å². The van der Waals surface area contributed by atoms with Gasteiger partial charge in [-0.2, -0.15) is 0 Å². The number of fused-ring (bicyclic) bond motifs is 1. The summed E-state index contributed by atoms with van der Waals surface area (Å²) in [6, 6.07) is 0. The van der Waals surface area contributed by atoms with Crippen LogP contribution in [-0.4, -0.2) is 30.6 Å². The van der Waals surface area contributed by atoms with Gasteiger partial charge in [-0.3, -0.25) is 4.79 Å². The molecule has 0 aromatic heterocycles. The van der Waals surface area contributed by atoms with Gasteiger partial charge < -0.3 is 14.3 Å². The molecule has 4 nitrogen and oxygen atoms in total. The van der Waals surface area contributed by atoms with E-state index in [0.29, 0.717) is 35.5 Å². The van der Waals surface area contributed by atoms with E-state index in [2.05, 4.69) is 48.5 Å². The number of unbranched alkanes of at least 4 members (excludes halogenated alkanes) is 1. The number of rotatable bonds is 12. The van der Waals surface area contributed by atoms with Crippen LogP contribution in [0, 0.1) is 46.3 Å². The lowest BCUT2D eigenvalue weighted by atomic mass is 9.56. The summed E-state index contributed by atoms with van der Waals surface area (Å²) in [7, 11) is 0. The molecule has 0 radical (unpaired) electrons. The van der Waals surface area contributed by atoms with Gasteiger partial charge in [0.2, 0.25) is 0 Å². The van der Waals surface area contributed by atoms with Crippen molar-refractivity contribution in [3.63, 3.8) is 0 Å². The van der Waals surface area contributed by atoms with Crippen LogP contribution in [0.15, 0.2) is 0 Å². The van der Waals surface area contributed by atoms with Gasteiger partial charge in [0.25, 0.3) is 0 Å². The van der Waals surface area contributed by atoms with Gasteiger partial charge in [0.05, 0.1) is 6.10 Å². The second-order valence-corrected chi connectivity index (χ2v) is 14.2. The summed E-state index contributed by atoms with van der Waals surface area (Å²) < 4.78 is 12.5. The number of carbonyl (C=O) groups is 2. The zero-order valence-corrected chi connectivity index (χ0v) is 25.4. The van der Waals surface area contributed by atoms with Gasteiger partial charge in [0.15, 0.2) is 0 Å². The fourth-order valence-electron chi connectivity index (χ4n) is 8.55. The molecule has 3 rings (SSSR count). The molecule has 3 fully saturated rings. The fourth-order valence-corrected chi connectivity index (χ4v) is 8.55. The molecule has 0 aromatic rings. The third kappa shape index (κ3) is 6.82.